The van der Waals surface area contributed by atoms with E-state index in [1.807, 2.05) is 13.0 Å². The van der Waals surface area contributed by atoms with Crippen molar-refractivity contribution in [2.75, 3.05) is 0 Å². The van der Waals surface area contributed by atoms with Crippen LogP contribution in [0.25, 0.3) is 0 Å². The topological polar surface area (TPSA) is 57.5 Å². The average molecular weight is 273 g/mol. The van der Waals surface area contributed by atoms with Crippen LogP contribution in [0.15, 0.2) is 22.7 Å². The summed E-state index contributed by atoms with van der Waals surface area (Å²) in [5, 5.41) is 18.5. The molecule has 82 valence electrons. The number of aliphatic hydroxyl groups is 1. The number of benzene rings is 1. The summed E-state index contributed by atoms with van der Waals surface area (Å²) in [7, 11) is 0. The zero-order valence-electron chi connectivity index (χ0n) is 8.57. The fraction of sp³-hybridized carbons (Fsp3) is 0.364. The van der Waals surface area contributed by atoms with E-state index in [-0.39, 0.29) is 0 Å². The summed E-state index contributed by atoms with van der Waals surface area (Å²) in [6.45, 7) is 3.42. The number of aliphatic carboxylic acids is 1. The van der Waals surface area contributed by atoms with E-state index in [4.69, 9.17) is 5.11 Å². The molecule has 0 saturated heterocycles. The van der Waals surface area contributed by atoms with Gasteiger partial charge < -0.3 is 10.2 Å². The van der Waals surface area contributed by atoms with Crippen LogP contribution in [0.5, 0.6) is 0 Å². The maximum Gasteiger partial charge on any atom is 0.309 e. The van der Waals surface area contributed by atoms with Crippen molar-refractivity contribution in [3.05, 3.63) is 33.8 Å². The van der Waals surface area contributed by atoms with Crippen molar-refractivity contribution in [3.8, 4) is 0 Å². The summed E-state index contributed by atoms with van der Waals surface area (Å²) < 4.78 is 0.872. The Morgan fingerprint density at radius 3 is 2.53 bits per heavy atom. The molecule has 2 unspecified atom stereocenters. The Kier molecular flexibility index (Phi) is 3.88. The molecule has 1 aromatic rings. The van der Waals surface area contributed by atoms with E-state index in [0.717, 1.165) is 10.0 Å². The molecule has 15 heavy (non-hydrogen) atoms. The number of hydrogen-bond acceptors (Lipinski definition) is 2. The van der Waals surface area contributed by atoms with Crippen molar-refractivity contribution < 1.29 is 15.0 Å². The summed E-state index contributed by atoms with van der Waals surface area (Å²) in [6.07, 6.45) is -0.973. The first-order chi connectivity index (χ1) is 6.93. The number of carboxylic acids is 1. The molecule has 0 bridgehead atoms. The smallest absolute Gasteiger partial charge is 0.309 e. The lowest BCUT2D eigenvalue weighted by atomic mass is 9.97. The molecular weight excluding hydrogens is 260 g/mol. The Hall–Kier alpha value is -0.870. The Bertz CT molecular complexity index is 376. The van der Waals surface area contributed by atoms with E-state index in [0.29, 0.717) is 5.56 Å². The first kappa shape index (κ1) is 12.2. The highest BCUT2D eigenvalue weighted by Crippen LogP contribution is 2.26. The molecule has 0 aliphatic heterocycles. The molecule has 0 heterocycles. The van der Waals surface area contributed by atoms with Crippen LogP contribution in [0.3, 0.4) is 0 Å². The second-order valence-electron chi connectivity index (χ2n) is 3.58. The maximum atomic E-state index is 10.7. The van der Waals surface area contributed by atoms with E-state index in [1.54, 1.807) is 12.1 Å². The molecule has 0 radical (unpaired) electrons. The minimum absolute atomic E-state index is 0.613. The molecule has 2 atom stereocenters. The van der Waals surface area contributed by atoms with Crippen molar-refractivity contribution in [2.45, 2.75) is 20.0 Å². The Morgan fingerprint density at radius 1 is 1.47 bits per heavy atom. The third kappa shape index (κ3) is 2.79. The van der Waals surface area contributed by atoms with Crippen LogP contribution in [-0.2, 0) is 4.79 Å². The molecule has 1 aromatic carbocycles. The van der Waals surface area contributed by atoms with Gasteiger partial charge in [-0.1, -0.05) is 28.1 Å². The molecule has 0 aliphatic rings. The average Bonchev–Trinajstić information content (AvgIpc) is 2.19. The molecule has 0 aromatic heterocycles. The van der Waals surface area contributed by atoms with Gasteiger partial charge in [0, 0.05) is 4.47 Å². The van der Waals surface area contributed by atoms with E-state index < -0.39 is 18.0 Å². The van der Waals surface area contributed by atoms with Crippen LogP contribution in [0.4, 0.5) is 0 Å². The normalized spacial score (nSPS) is 14.7. The van der Waals surface area contributed by atoms with Crippen LogP contribution in [0.2, 0.25) is 0 Å². The molecule has 2 N–H and O–H groups in total. The molecule has 4 heteroatoms. The van der Waals surface area contributed by atoms with E-state index in [2.05, 4.69) is 15.9 Å². The van der Waals surface area contributed by atoms with Gasteiger partial charge in [0.1, 0.15) is 0 Å². The van der Waals surface area contributed by atoms with Crippen molar-refractivity contribution in [1.29, 1.82) is 0 Å². The quantitative estimate of drug-likeness (QED) is 0.889. The van der Waals surface area contributed by atoms with Gasteiger partial charge in [0.15, 0.2) is 0 Å². The van der Waals surface area contributed by atoms with Gasteiger partial charge in [-0.2, -0.15) is 0 Å². The van der Waals surface area contributed by atoms with Gasteiger partial charge >= 0.3 is 5.97 Å². The molecule has 0 aliphatic carbocycles. The summed E-state index contributed by atoms with van der Waals surface area (Å²) in [6, 6.07) is 5.33. The lowest BCUT2D eigenvalue weighted by Crippen LogP contribution is -2.18. The van der Waals surface area contributed by atoms with Crippen LogP contribution >= 0.6 is 15.9 Å². The zero-order valence-corrected chi connectivity index (χ0v) is 10.2. The molecular formula is C11H13BrO3. The first-order valence-corrected chi connectivity index (χ1v) is 5.39. The van der Waals surface area contributed by atoms with Crippen molar-refractivity contribution >= 4 is 21.9 Å². The van der Waals surface area contributed by atoms with Crippen molar-refractivity contribution in [2.24, 2.45) is 5.92 Å². The minimum atomic E-state index is -1.00. The van der Waals surface area contributed by atoms with Crippen LogP contribution in [-0.4, -0.2) is 16.2 Å². The monoisotopic (exact) mass is 272 g/mol. The molecule has 3 nitrogen and oxygen atoms in total. The lowest BCUT2D eigenvalue weighted by molar-refractivity contribution is -0.145. The first-order valence-electron chi connectivity index (χ1n) is 4.60. The second-order valence-corrected chi connectivity index (χ2v) is 4.43. The van der Waals surface area contributed by atoms with E-state index in [9.17, 15) is 9.90 Å². The number of rotatable bonds is 3. The number of aliphatic hydroxyl groups excluding tert-OH is 1. The number of carboxylic acid groups (broad SMARTS) is 1. The van der Waals surface area contributed by atoms with Gasteiger partial charge in [-0.05, 0) is 31.0 Å². The molecule has 0 fully saturated rings. The van der Waals surface area contributed by atoms with E-state index in [1.165, 1.54) is 6.92 Å². The SMILES string of the molecule is Cc1ccc(C(O)C(C)C(=O)O)cc1Br. The summed E-state index contributed by atoms with van der Waals surface area (Å²) in [4.78, 5) is 10.7. The van der Waals surface area contributed by atoms with Gasteiger partial charge in [0.05, 0.1) is 12.0 Å². The van der Waals surface area contributed by atoms with Crippen LogP contribution in [0.1, 0.15) is 24.2 Å². The minimum Gasteiger partial charge on any atom is -0.481 e. The largest absolute Gasteiger partial charge is 0.481 e. The highest BCUT2D eigenvalue weighted by Gasteiger charge is 2.22. The predicted molar refractivity (Wildman–Crippen MR) is 60.6 cm³/mol. The standard InChI is InChI=1S/C11H13BrO3/c1-6-3-4-8(5-9(6)12)10(13)7(2)11(14)15/h3-5,7,10,13H,1-2H3,(H,14,15). The second kappa shape index (κ2) is 4.77. The third-order valence-corrected chi connectivity index (χ3v) is 3.25. The lowest BCUT2D eigenvalue weighted by Gasteiger charge is -2.15. The Balaban J connectivity index is 2.96. The fourth-order valence-electron chi connectivity index (χ4n) is 1.22. The van der Waals surface area contributed by atoms with Crippen molar-refractivity contribution in [3.63, 3.8) is 0 Å². The summed E-state index contributed by atoms with van der Waals surface area (Å²) >= 11 is 3.34. The van der Waals surface area contributed by atoms with Gasteiger partial charge in [-0.3, -0.25) is 4.79 Å². The predicted octanol–water partition coefficient (Wildman–Crippen LogP) is 2.51. The Morgan fingerprint density at radius 2 is 2.07 bits per heavy atom. The van der Waals surface area contributed by atoms with Crippen molar-refractivity contribution in [1.82, 2.24) is 0 Å². The van der Waals surface area contributed by atoms with Gasteiger partial charge in [0.2, 0.25) is 0 Å². The molecule has 1 rings (SSSR count). The van der Waals surface area contributed by atoms with Gasteiger partial charge in [-0.15, -0.1) is 0 Å². The molecule has 0 spiro atoms. The van der Waals surface area contributed by atoms with Gasteiger partial charge in [0.25, 0.3) is 0 Å². The number of carbonyl (C=O) groups is 1. The molecule has 0 amide bonds. The molecule has 0 saturated carbocycles. The van der Waals surface area contributed by atoms with Gasteiger partial charge in [-0.25, -0.2) is 0 Å². The zero-order chi connectivity index (χ0) is 11.6. The van der Waals surface area contributed by atoms with Crippen LogP contribution in [0, 0.1) is 12.8 Å². The van der Waals surface area contributed by atoms with E-state index >= 15 is 0 Å². The van der Waals surface area contributed by atoms with Crippen LogP contribution < -0.4 is 0 Å². The highest BCUT2D eigenvalue weighted by atomic mass is 79.9. The number of hydrogen-bond donors (Lipinski definition) is 2. The fourth-order valence-corrected chi connectivity index (χ4v) is 1.61. The summed E-state index contributed by atoms with van der Waals surface area (Å²) in [5.74, 6) is -1.81. The Labute approximate surface area is 96.9 Å². The highest BCUT2D eigenvalue weighted by molar-refractivity contribution is 9.10. The summed E-state index contributed by atoms with van der Waals surface area (Å²) in [5.41, 5.74) is 1.66. The maximum absolute atomic E-state index is 10.7. The number of aryl methyl sites for hydroxylation is 1. The number of halogens is 1. The third-order valence-electron chi connectivity index (χ3n) is 2.40.